The van der Waals surface area contributed by atoms with Gasteiger partial charge in [-0.05, 0) is 25.0 Å². The second kappa shape index (κ2) is 8.98. The van der Waals surface area contributed by atoms with Crippen LogP contribution in [0.15, 0.2) is 12.1 Å². The summed E-state index contributed by atoms with van der Waals surface area (Å²) < 4.78 is 10.7. The third kappa shape index (κ3) is 4.51. The molecule has 1 aromatic carbocycles. The van der Waals surface area contributed by atoms with E-state index in [1.165, 1.54) is 7.11 Å². The number of amides is 3. The molecule has 0 unspecified atom stereocenters. The van der Waals surface area contributed by atoms with Gasteiger partial charge in [-0.3, -0.25) is 10.1 Å². The average Bonchev–Trinajstić information content (AvgIpc) is 3.28. The summed E-state index contributed by atoms with van der Waals surface area (Å²) in [5.41, 5.74) is 0. The highest BCUT2D eigenvalue weighted by molar-refractivity contribution is 7.22. The Morgan fingerprint density at radius 2 is 1.89 bits per heavy atom. The highest BCUT2D eigenvalue weighted by Crippen LogP contribution is 2.43. The van der Waals surface area contributed by atoms with Gasteiger partial charge in [0.1, 0.15) is 15.6 Å². The molecule has 3 rings (SSSR count). The van der Waals surface area contributed by atoms with Crippen molar-refractivity contribution in [3.8, 4) is 5.75 Å². The molecule has 1 aliphatic rings. The molecule has 1 aliphatic carbocycles. The van der Waals surface area contributed by atoms with Crippen LogP contribution in [0, 0.1) is 0 Å². The smallest absolute Gasteiger partial charge is 0.350 e. The lowest BCUT2D eigenvalue weighted by atomic mass is 10.2. The van der Waals surface area contributed by atoms with Crippen LogP contribution in [0.5, 0.6) is 5.75 Å². The maximum atomic E-state index is 12.3. The molecule has 0 atom stereocenters. The number of carbonyl (C=O) groups is 3. The molecular weight excluding hydrogens is 427 g/mol. The monoisotopic (exact) mass is 444 g/mol. The first-order chi connectivity index (χ1) is 13.4. The Balaban J connectivity index is 1.60. The number of benzene rings is 1. The van der Waals surface area contributed by atoms with Crippen molar-refractivity contribution in [2.45, 2.75) is 31.7 Å². The molecule has 10 heteroatoms. The summed E-state index contributed by atoms with van der Waals surface area (Å²) in [5, 5.41) is 5.98. The molecule has 0 saturated heterocycles. The molecule has 0 aliphatic heterocycles. The number of nitrogens with one attached hydrogen (secondary N) is 2. The zero-order chi connectivity index (χ0) is 20.3. The Hall–Kier alpha value is -2.03. The summed E-state index contributed by atoms with van der Waals surface area (Å²) in [7, 11) is 1.49. The molecule has 1 saturated carbocycles. The number of halogens is 2. The fraction of sp³-hybridized carbons (Fsp3) is 0.389. The van der Waals surface area contributed by atoms with Gasteiger partial charge in [0.2, 0.25) is 0 Å². The number of rotatable bonds is 5. The van der Waals surface area contributed by atoms with E-state index in [-0.39, 0.29) is 15.9 Å². The van der Waals surface area contributed by atoms with E-state index in [9.17, 15) is 14.4 Å². The van der Waals surface area contributed by atoms with Gasteiger partial charge >= 0.3 is 12.0 Å². The number of fused-ring (bicyclic) bond motifs is 1. The van der Waals surface area contributed by atoms with Crippen LogP contribution in [0.2, 0.25) is 10.0 Å². The predicted molar refractivity (Wildman–Crippen MR) is 108 cm³/mol. The number of carbonyl (C=O) groups excluding carboxylic acids is 3. The van der Waals surface area contributed by atoms with Crippen LogP contribution in [0.25, 0.3) is 10.1 Å². The number of methoxy groups -OCH3 is 1. The van der Waals surface area contributed by atoms with Gasteiger partial charge < -0.3 is 14.8 Å². The average molecular weight is 445 g/mol. The Labute approximate surface area is 175 Å². The van der Waals surface area contributed by atoms with Crippen molar-refractivity contribution in [1.82, 2.24) is 10.6 Å². The zero-order valence-electron chi connectivity index (χ0n) is 15.0. The van der Waals surface area contributed by atoms with Crippen LogP contribution < -0.4 is 15.4 Å². The van der Waals surface area contributed by atoms with Gasteiger partial charge in [0.05, 0.1) is 16.8 Å². The Morgan fingerprint density at radius 3 is 2.57 bits per heavy atom. The quantitative estimate of drug-likeness (QED) is 0.675. The van der Waals surface area contributed by atoms with Gasteiger partial charge in [-0.25, -0.2) is 9.59 Å². The lowest BCUT2D eigenvalue weighted by molar-refractivity contribution is -0.123. The van der Waals surface area contributed by atoms with Crippen molar-refractivity contribution in [3.05, 3.63) is 27.1 Å². The number of hydrogen-bond acceptors (Lipinski definition) is 6. The van der Waals surface area contributed by atoms with E-state index in [4.69, 9.17) is 32.7 Å². The van der Waals surface area contributed by atoms with E-state index in [2.05, 4.69) is 10.6 Å². The molecule has 0 spiro atoms. The van der Waals surface area contributed by atoms with Gasteiger partial charge in [-0.15, -0.1) is 11.3 Å². The van der Waals surface area contributed by atoms with Crippen molar-refractivity contribution in [1.29, 1.82) is 0 Å². The van der Waals surface area contributed by atoms with Crippen molar-refractivity contribution in [3.63, 3.8) is 0 Å². The fourth-order valence-corrected chi connectivity index (χ4v) is 4.80. The van der Waals surface area contributed by atoms with E-state index in [1.807, 2.05) is 0 Å². The highest BCUT2D eigenvalue weighted by atomic mass is 35.5. The van der Waals surface area contributed by atoms with Crippen molar-refractivity contribution < 1.29 is 23.9 Å². The molecule has 3 amide bonds. The van der Waals surface area contributed by atoms with E-state index in [1.54, 1.807) is 12.1 Å². The largest absolute Gasteiger partial charge is 0.495 e. The van der Waals surface area contributed by atoms with Gasteiger partial charge in [0.25, 0.3) is 5.91 Å². The molecule has 2 aromatic rings. The van der Waals surface area contributed by atoms with Crippen LogP contribution in [0.4, 0.5) is 4.79 Å². The molecule has 2 N–H and O–H groups in total. The lowest BCUT2D eigenvalue weighted by Gasteiger charge is -2.12. The van der Waals surface area contributed by atoms with Gasteiger partial charge in [-0.1, -0.05) is 36.0 Å². The SMILES string of the molecule is COc1ccc2c(Cl)c(C(=O)OCC(=O)NC(=O)NC3CCCC3)sc2c1Cl. The van der Waals surface area contributed by atoms with Crippen molar-refractivity contribution >= 4 is 62.5 Å². The summed E-state index contributed by atoms with van der Waals surface area (Å²) >= 11 is 13.6. The molecule has 1 aromatic heterocycles. The molecule has 1 fully saturated rings. The number of esters is 1. The molecule has 7 nitrogen and oxygen atoms in total. The Morgan fingerprint density at radius 1 is 1.18 bits per heavy atom. The summed E-state index contributed by atoms with van der Waals surface area (Å²) in [4.78, 5) is 36.0. The summed E-state index contributed by atoms with van der Waals surface area (Å²) in [6, 6.07) is 2.82. The minimum Gasteiger partial charge on any atom is -0.495 e. The third-order valence-electron chi connectivity index (χ3n) is 4.38. The number of thiophene rings is 1. The van der Waals surface area contributed by atoms with E-state index in [0.29, 0.717) is 20.9 Å². The highest BCUT2D eigenvalue weighted by Gasteiger charge is 2.23. The van der Waals surface area contributed by atoms with E-state index >= 15 is 0 Å². The summed E-state index contributed by atoms with van der Waals surface area (Å²) in [6.07, 6.45) is 3.91. The first-order valence-electron chi connectivity index (χ1n) is 8.62. The molecule has 1 heterocycles. The molecule has 150 valence electrons. The maximum Gasteiger partial charge on any atom is 0.350 e. The normalized spacial score (nSPS) is 14.1. The minimum absolute atomic E-state index is 0.0782. The summed E-state index contributed by atoms with van der Waals surface area (Å²) in [6.45, 7) is -0.599. The minimum atomic E-state index is -0.771. The standard InChI is InChI=1S/C18H18Cl2N2O5S/c1-26-11-7-6-10-13(19)16(28-15(10)14(11)20)17(24)27-8-12(23)22-18(25)21-9-4-2-3-5-9/h6-7,9H,2-5,8H2,1H3,(H2,21,22,23,25). The first kappa shape index (κ1) is 20.7. The molecule has 28 heavy (non-hydrogen) atoms. The third-order valence-corrected chi connectivity index (χ3v) is 6.58. The van der Waals surface area contributed by atoms with Crippen molar-refractivity contribution in [2.75, 3.05) is 13.7 Å². The Kier molecular flexibility index (Phi) is 6.64. The maximum absolute atomic E-state index is 12.3. The van der Waals surface area contributed by atoms with Gasteiger partial charge in [-0.2, -0.15) is 0 Å². The number of urea groups is 1. The van der Waals surface area contributed by atoms with E-state index < -0.39 is 24.5 Å². The van der Waals surface area contributed by atoms with Crippen LogP contribution in [0.1, 0.15) is 35.4 Å². The van der Waals surface area contributed by atoms with Gasteiger partial charge in [0, 0.05) is 11.4 Å². The van der Waals surface area contributed by atoms with Crippen molar-refractivity contribution in [2.24, 2.45) is 0 Å². The van der Waals surface area contributed by atoms with Gasteiger partial charge in [0.15, 0.2) is 6.61 Å². The lowest BCUT2D eigenvalue weighted by Crippen LogP contribution is -2.44. The number of ether oxygens (including phenoxy) is 2. The Bertz CT molecular complexity index is 924. The fourth-order valence-electron chi connectivity index (χ4n) is 3.02. The predicted octanol–water partition coefficient (Wildman–Crippen LogP) is 4.14. The van der Waals surface area contributed by atoms with Crippen LogP contribution in [-0.2, 0) is 9.53 Å². The number of hydrogen-bond donors (Lipinski definition) is 2. The second-order valence-corrected chi connectivity index (χ2v) is 8.06. The molecule has 0 radical (unpaired) electrons. The van der Waals surface area contributed by atoms with E-state index in [0.717, 1.165) is 37.0 Å². The summed E-state index contributed by atoms with van der Waals surface area (Å²) in [5.74, 6) is -1.03. The molecular formula is C18H18Cl2N2O5S. The van der Waals surface area contributed by atoms with Crippen LogP contribution in [0.3, 0.4) is 0 Å². The topological polar surface area (TPSA) is 93.7 Å². The first-order valence-corrected chi connectivity index (χ1v) is 10.2. The van der Waals surface area contributed by atoms with Crippen LogP contribution >= 0.6 is 34.5 Å². The van der Waals surface area contributed by atoms with Crippen LogP contribution in [-0.4, -0.2) is 37.7 Å². The second-order valence-electron chi connectivity index (χ2n) is 6.28. The number of imide groups is 1. The zero-order valence-corrected chi connectivity index (χ0v) is 17.3. The molecule has 0 bridgehead atoms.